The van der Waals surface area contributed by atoms with Gasteiger partial charge in [0.15, 0.2) is 0 Å². The van der Waals surface area contributed by atoms with Crippen LogP contribution in [0.5, 0.6) is 0 Å². The smallest absolute Gasteiger partial charge is 0.330 e. The Kier molecular flexibility index (Phi) is 4.88. The lowest BCUT2D eigenvalue weighted by Crippen LogP contribution is -2.39. The summed E-state index contributed by atoms with van der Waals surface area (Å²) in [5.41, 5.74) is 5.68. The summed E-state index contributed by atoms with van der Waals surface area (Å²) in [5, 5.41) is 15.3. The van der Waals surface area contributed by atoms with E-state index in [-0.39, 0.29) is 16.0 Å². The van der Waals surface area contributed by atoms with Gasteiger partial charge in [-0.1, -0.05) is 20.8 Å². The molecule has 0 bridgehead atoms. The van der Waals surface area contributed by atoms with Gasteiger partial charge in [-0.3, -0.25) is 14.8 Å². The minimum Gasteiger partial charge on any atom is -0.349 e. The van der Waals surface area contributed by atoms with Gasteiger partial charge in [-0.2, -0.15) is 0 Å². The minimum absolute atomic E-state index is 0.0452. The predicted molar refractivity (Wildman–Crippen MR) is 75.2 cm³/mol. The number of rotatable bonds is 7. The van der Waals surface area contributed by atoms with Gasteiger partial charge in [-0.05, 0) is 18.4 Å². The number of hydrogen-bond donors (Lipinski definition) is 1. The average molecular weight is 269 g/mol. The number of hydrogen-bond acceptors (Lipinski definition) is 5. The Labute approximate surface area is 113 Å². The first-order chi connectivity index (χ1) is 8.80. The van der Waals surface area contributed by atoms with Gasteiger partial charge < -0.3 is 10.6 Å². The molecule has 0 amide bonds. The zero-order valence-electron chi connectivity index (χ0n) is 12.1. The second-order valence-electron chi connectivity index (χ2n) is 5.56. The van der Waals surface area contributed by atoms with Gasteiger partial charge in [0.2, 0.25) is 5.82 Å². The summed E-state index contributed by atoms with van der Waals surface area (Å²) < 4.78 is 1.48. The SMILES string of the molecule is CCCN(CC(C)(C)CN)c1nn(C)cc1[N+](=O)[O-]. The molecule has 0 saturated heterocycles. The lowest BCUT2D eigenvalue weighted by atomic mass is 9.93. The van der Waals surface area contributed by atoms with Crippen molar-refractivity contribution in [3.63, 3.8) is 0 Å². The van der Waals surface area contributed by atoms with Crippen molar-refractivity contribution in [2.75, 3.05) is 24.5 Å². The first-order valence-electron chi connectivity index (χ1n) is 6.43. The van der Waals surface area contributed by atoms with Crippen LogP contribution in [0.3, 0.4) is 0 Å². The normalized spacial score (nSPS) is 11.6. The van der Waals surface area contributed by atoms with Crippen molar-refractivity contribution in [1.29, 1.82) is 0 Å². The van der Waals surface area contributed by atoms with Crippen LogP contribution in [0.2, 0.25) is 0 Å². The van der Waals surface area contributed by atoms with Gasteiger partial charge in [-0.25, -0.2) is 0 Å². The number of nitro groups is 1. The van der Waals surface area contributed by atoms with Crippen molar-refractivity contribution in [1.82, 2.24) is 9.78 Å². The molecule has 0 aromatic carbocycles. The Hall–Kier alpha value is -1.63. The van der Waals surface area contributed by atoms with Crippen molar-refractivity contribution in [2.45, 2.75) is 27.2 Å². The molecule has 1 rings (SSSR count). The second kappa shape index (κ2) is 6.01. The molecular formula is C12H23N5O2. The Morgan fingerprint density at radius 2 is 2.21 bits per heavy atom. The standard InChI is InChI=1S/C12H23N5O2/c1-5-6-16(9-12(2,3)8-13)11-10(17(18)19)7-15(4)14-11/h7H,5-6,8-9,13H2,1-4H3. The van der Waals surface area contributed by atoms with Crippen LogP contribution >= 0.6 is 0 Å². The fraction of sp³-hybridized carbons (Fsp3) is 0.750. The molecule has 0 fully saturated rings. The number of aryl methyl sites for hydroxylation is 1. The highest BCUT2D eigenvalue weighted by molar-refractivity contribution is 5.56. The molecule has 0 saturated carbocycles. The van der Waals surface area contributed by atoms with Crippen LogP contribution < -0.4 is 10.6 Å². The monoisotopic (exact) mass is 269 g/mol. The lowest BCUT2D eigenvalue weighted by molar-refractivity contribution is -0.384. The van der Waals surface area contributed by atoms with Gasteiger partial charge in [0.1, 0.15) is 6.20 Å². The Morgan fingerprint density at radius 1 is 1.58 bits per heavy atom. The molecule has 0 spiro atoms. The summed E-state index contributed by atoms with van der Waals surface area (Å²) in [7, 11) is 1.69. The van der Waals surface area contributed by atoms with Crippen LogP contribution in [0.15, 0.2) is 6.20 Å². The first kappa shape index (κ1) is 15.4. The number of nitrogens with two attached hydrogens (primary N) is 1. The van der Waals surface area contributed by atoms with Crippen molar-refractivity contribution in [3.05, 3.63) is 16.3 Å². The predicted octanol–water partition coefficient (Wildman–Crippen LogP) is 1.53. The van der Waals surface area contributed by atoms with Crippen molar-refractivity contribution in [3.8, 4) is 0 Å². The fourth-order valence-corrected chi connectivity index (χ4v) is 1.93. The summed E-state index contributed by atoms with van der Waals surface area (Å²) in [5.74, 6) is 0.427. The van der Waals surface area contributed by atoms with E-state index < -0.39 is 0 Å². The van der Waals surface area contributed by atoms with E-state index in [1.165, 1.54) is 10.9 Å². The highest BCUT2D eigenvalue weighted by Gasteiger charge is 2.28. The van der Waals surface area contributed by atoms with E-state index in [2.05, 4.69) is 5.10 Å². The summed E-state index contributed by atoms with van der Waals surface area (Å²) in [6, 6.07) is 0. The maximum Gasteiger partial charge on any atom is 0.330 e. The van der Waals surface area contributed by atoms with Crippen LogP contribution in [0.25, 0.3) is 0 Å². The van der Waals surface area contributed by atoms with Gasteiger partial charge >= 0.3 is 5.69 Å². The minimum atomic E-state index is -0.388. The van der Waals surface area contributed by atoms with Crippen molar-refractivity contribution in [2.24, 2.45) is 18.2 Å². The third kappa shape index (κ3) is 3.92. The number of anilines is 1. The maximum absolute atomic E-state index is 11.1. The van der Waals surface area contributed by atoms with E-state index >= 15 is 0 Å². The van der Waals surface area contributed by atoms with E-state index in [9.17, 15) is 10.1 Å². The highest BCUT2D eigenvalue weighted by Crippen LogP contribution is 2.28. The second-order valence-corrected chi connectivity index (χ2v) is 5.56. The molecule has 7 nitrogen and oxygen atoms in total. The van der Waals surface area contributed by atoms with Crippen LogP contribution in [0.1, 0.15) is 27.2 Å². The molecule has 1 aromatic rings. The van der Waals surface area contributed by atoms with Crippen LogP contribution in [-0.4, -0.2) is 34.3 Å². The van der Waals surface area contributed by atoms with Crippen LogP contribution in [0, 0.1) is 15.5 Å². The molecule has 0 aliphatic carbocycles. The molecular weight excluding hydrogens is 246 g/mol. The van der Waals surface area contributed by atoms with E-state index in [1.807, 2.05) is 25.7 Å². The average Bonchev–Trinajstić information content (AvgIpc) is 2.71. The molecule has 0 unspecified atom stereocenters. The molecule has 0 atom stereocenters. The van der Waals surface area contributed by atoms with Crippen molar-refractivity contribution < 1.29 is 4.92 Å². The Balaban J connectivity index is 3.08. The summed E-state index contributed by atoms with van der Waals surface area (Å²) >= 11 is 0. The molecule has 108 valence electrons. The van der Waals surface area contributed by atoms with E-state index in [0.717, 1.165) is 13.0 Å². The summed E-state index contributed by atoms with van der Waals surface area (Å²) in [6.07, 6.45) is 2.34. The Bertz CT molecular complexity index is 441. The van der Waals surface area contributed by atoms with Crippen LogP contribution in [0.4, 0.5) is 11.5 Å². The molecule has 1 heterocycles. The lowest BCUT2D eigenvalue weighted by Gasteiger charge is -2.31. The molecule has 0 aliphatic rings. The third-order valence-corrected chi connectivity index (χ3v) is 2.95. The molecule has 0 aliphatic heterocycles. The molecule has 19 heavy (non-hydrogen) atoms. The molecule has 2 N–H and O–H groups in total. The summed E-state index contributed by atoms with van der Waals surface area (Å²) in [6.45, 7) is 8.02. The van der Waals surface area contributed by atoms with Gasteiger partial charge in [0, 0.05) is 20.1 Å². The Morgan fingerprint density at radius 3 is 2.68 bits per heavy atom. The number of nitrogens with zero attached hydrogens (tertiary/aromatic N) is 4. The largest absolute Gasteiger partial charge is 0.349 e. The quantitative estimate of drug-likeness (QED) is 0.599. The topological polar surface area (TPSA) is 90.2 Å². The zero-order valence-corrected chi connectivity index (χ0v) is 12.1. The molecule has 0 radical (unpaired) electrons. The zero-order chi connectivity index (χ0) is 14.6. The molecule has 7 heteroatoms. The highest BCUT2D eigenvalue weighted by atomic mass is 16.6. The van der Waals surface area contributed by atoms with E-state index in [4.69, 9.17) is 5.73 Å². The first-order valence-corrected chi connectivity index (χ1v) is 6.43. The number of aromatic nitrogens is 2. The van der Waals surface area contributed by atoms with Gasteiger partial charge in [0.05, 0.1) is 4.92 Å². The van der Waals surface area contributed by atoms with E-state index in [0.29, 0.717) is 18.9 Å². The van der Waals surface area contributed by atoms with E-state index in [1.54, 1.807) is 7.05 Å². The third-order valence-electron chi connectivity index (χ3n) is 2.95. The van der Waals surface area contributed by atoms with Crippen molar-refractivity contribution >= 4 is 11.5 Å². The summed E-state index contributed by atoms with van der Waals surface area (Å²) in [4.78, 5) is 12.6. The maximum atomic E-state index is 11.1. The van der Waals surface area contributed by atoms with Gasteiger partial charge in [0.25, 0.3) is 0 Å². The van der Waals surface area contributed by atoms with Crippen LogP contribution in [-0.2, 0) is 7.05 Å². The molecule has 1 aromatic heterocycles. The fourth-order valence-electron chi connectivity index (χ4n) is 1.93. The van der Waals surface area contributed by atoms with Gasteiger partial charge in [-0.15, -0.1) is 5.10 Å².